The van der Waals surface area contributed by atoms with Crippen LogP contribution in [0.2, 0.25) is 0 Å². The van der Waals surface area contributed by atoms with Gasteiger partial charge in [-0.3, -0.25) is 19.7 Å². The van der Waals surface area contributed by atoms with Crippen LogP contribution in [0.15, 0.2) is 53.8 Å². The summed E-state index contributed by atoms with van der Waals surface area (Å²) < 4.78 is 0. The van der Waals surface area contributed by atoms with Gasteiger partial charge in [0.1, 0.15) is 5.75 Å². The number of hydrogen-bond acceptors (Lipinski definition) is 5. The molecule has 128 valence electrons. The fourth-order valence-corrected chi connectivity index (χ4v) is 4.49. The zero-order valence-corrected chi connectivity index (χ0v) is 14.5. The summed E-state index contributed by atoms with van der Waals surface area (Å²) in [5.41, 5.74) is 2.01. The highest BCUT2D eigenvalue weighted by Gasteiger charge is 2.35. The van der Waals surface area contributed by atoms with Gasteiger partial charge >= 0.3 is 0 Å². The van der Waals surface area contributed by atoms with Crippen molar-refractivity contribution in [3.63, 3.8) is 0 Å². The molecule has 2 atom stereocenters. The number of rotatable bonds is 2. The Kier molecular flexibility index (Phi) is 4.44. The number of benzene rings is 1. The summed E-state index contributed by atoms with van der Waals surface area (Å²) >= 11 is 1.64. The number of likely N-dealkylation sites (tertiary alicyclic amines) is 1. The quantitative estimate of drug-likeness (QED) is 0.899. The van der Waals surface area contributed by atoms with Crippen LogP contribution in [0.25, 0.3) is 0 Å². The summed E-state index contributed by atoms with van der Waals surface area (Å²) in [6.07, 6.45) is 5.30. The first-order valence-electron chi connectivity index (χ1n) is 8.43. The van der Waals surface area contributed by atoms with Crippen molar-refractivity contribution in [2.24, 2.45) is 4.99 Å². The molecule has 5 nitrogen and oxygen atoms in total. The minimum atomic E-state index is -0.205. The third-order valence-electron chi connectivity index (χ3n) is 4.67. The number of piperidine rings is 1. The highest BCUT2D eigenvalue weighted by molar-refractivity contribution is 8.14. The number of amides is 1. The van der Waals surface area contributed by atoms with Crippen molar-refractivity contribution >= 4 is 22.8 Å². The Bertz CT molecular complexity index is 809. The summed E-state index contributed by atoms with van der Waals surface area (Å²) in [5.74, 6) is 0.926. The lowest BCUT2D eigenvalue weighted by molar-refractivity contribution is -0.130. The van der Waals surface area contributed by atoms with Crippen LogP contribution in [0, 0.1) is 0 Å². The van der Waals surface area contributed by atoms with E-state index in [1.165, 1.54) is 0 Å². The van der Waals surface area contributed by atoms with Crippen LogP contribution in [0.3, 0.4) is 0 Å². The van der Waals surface area contributed by atoms with Gasteiger partial charge in [0.25, 0.3) is 0 Å². The molecular weight excluding hydrogens is 334 g/mol. The van der Waals surface area contributed by atoms with E-state index in [9.17, 15) is 9.90 Å². The van der Waals surface area contributed by atoms with Crippen molar-refractivity contribution in [2.75, 3.05) is 12.3 Å². The number of aromatic nitrogens is 1. The van der Waals surface area contributed by atoms with Gasteiger partial charge in [-0.1, -0.05) is 23.9 Å². The number of amidine groups is 1. The molecule has 1 aromatic carbocycles. The molecule has 6 heteroatoms. The monoisotopic (exact) mass is 353 g/mol. The molecule has 0 radical (unpaired) electrons. The first-order valence-corrected chi connectivity index (χ1v) is 9.42. The molecule has 1 aromatic heterocycles. The fraction of sp³-hybridized carbons (Fsp3) is 0.316. The molecular formula is C19H19N3O2S. The number of carbonyl (C=O) groups is 1. The van der Waals surface area contributed by atoms with Crippen molar-refractivity contribution in [2.45, 2.75) is 24.8 Å². The Hall–Kier alpha value is -2.34. The first-order chi connectivity index (χ1) is 12.2. The van der Waals surface area contributed by atoms with Crippen LogP contribution in [-0.4, -0.2) is 38.4 Å². The number of pyridine rings is 1. The van der Waals surface area contributed by atoms with Crippen LogP contribution >= 0.6 is 11.8 Å². The summed E-state index contributed by atoms with van der Waals surface area (Å²) in [5, 5.41) is 10.5. The van der Waals surface area contributed by atoms with E-state index in [4.69, 9.17) is 4.99 Å². The van der Waals surface area contributed by atoms with Crippen LogP contribution < -0.4 is 0 Å². The van der Waals surface area contributed by atoms with Gasteiger partial charge in [-0.15, -0.1) is 0 Å². The summed E-state index contributed by atoms with van der Waals surface area (Å²) in [4.78, 5) is 23.7. The molecule has 2 aliphatic rings. The largest absolute Gasteiger partial charge is 0.508 e. The van der Waals surface area contributed by atoms with E-state index in [-0.39, 0.29) is 23.6 Å². The van der Waals surface area contributed by atoms with Crippen molar-refractivity contribution in [1.29, 1.82) is 0 Å². The van der Waals surface area contributed by atoms with Crippen LogP contribution in [0.4, 0.5) is 0 Å². The second kappa shape index (κ2) is 6.88. The molecule has 0 bridgehead atoms. The molecule has 0 aliphatic carbocycles. The number of nitrogens with zero attached hydrogens (tertiary/aromatic N) is 3. The smallest absolute Gasteiger partial charge is 0.236 e. The summed E-state index contributed by atoms with van der Waals surface area (Å²) in [6, 6.07) is 11.1. The normalized spacial score (nSPS) is 23.6. The highest BCUT2D eigenvalue weighted by Crippen LogP contribution is 2.36. The van der Waals surface area contributed by atoms with Gasteiger partial charge in [0.15, 0.2) is 5.17 Å². The molecule has 2 aromatic rings. The maximum atomic E-state index is 13.0. The maximum Gasteiger partial charge on any atom is 0.236 e. The van der Waals surface area contributed by atoms with Crippen molar-refractivity contribution < 1.29 is 9.90 Å². The lowest BCUT2D eigenvalue weighted by Crippen LogP contribution is -2.42. The molecule has 1 saturated heterocycles. The van der Waals surface area contributed by atoms with Gasteiger partial charge in [-0.2, -0.15) is 0 Å². The number of aromatic hydroxyl groups is 1. The van der Waals surface area contributed by atoms with E-state index in [1.807, 2.05) is 23.1 Å². The zero-order chi connectivity index (χ0) is 17.2. The number of phenols is 1. The van der Waals surface area contributed by atoms with E-state index in [1.54, 1.807) is 42.4 Å². The fourth-order valence-electron chi connectivity index (χ4n) is 3.38. The number of carbonyl (C=O) groups excluding carboxylic acids is 1. The average Bonchev–Trinajstić information content (AvgIpc) is 3.12. The number of hydrogen-bond donors (Lipinski definition) is 1. The molecule has 1 fully saturated rings. The second-order valence-corrected chi connectivity index (χ2v) is 7.29. The maximum absolute atomic E-state index is 13.0. The van der Waals surface area contributed by atoms with Crippen LogP contribution in [-0.2, 0) is 4.79 Å². The third kappa shape index (κ3) is 3.26. The summed E-state index contributed by atoms with van der Waals surface area (Å²) in [7, 11) is 0. The Morgan fingerprint density at radius 2 is 2.00 bits per heavy atom. The highest BCUT2D eigenvalue weighted by atomic mass is 32.2. The van der Waals surface area contributed by atoms with Crippen molar-refractivity contribution in [1.82, 2.24) is 9.88 Å². The topological polar surface area (TPSA) is 65.8 Å². The molecule has 25 heavy (non-hydrogen) atoms. The predicted octanol–water partition coefficient (Wildman–Crippen LogP) is 3.34. The molecule has 0 saturated carbocycles. The lowest BCUT2D eigenvalue weighted by atomic mass is 9.90. The van der Waals surface area contributed by atoms with Crippen molar-refractivity contribution in [3.8, 4) is 5.75 Å². The van der Waals surface area contributed by atoms with Crippen LogP contribution in [0.1, 0.15) is 35.9 Å². The second-order valence-electron chi connectivity index (χ2n) is 6.30. The molecule has 2 unspecified atom stereocenters. The number of phenolic OH excluding ortho intramolecular Hbond substituents is 1. The minimum Gasteiger partial charge on any atom is -0.508 e. The molecule has 2 aliphatic heterocycles. The van der Waals surface area contributed by atoms with E-state index < -0.39 is 0 Å². The summed E-state index contributed by atoms with van der Waals surface area (Å²) in [6.45, 7) is 0.711. The standard InChI is InChI=1S/C19H19N3O2S/c23-15-4-1-3-14(11-15)16-5-2-10-22(18(16)24)19-21-17(12-25-19)13-6-8-20-9-7-13/h1,3-4,6-9,11,16-17,23H,2,5,10,12H2. The van der Waals surface area contributed by atoms with E-state index >= 15 is 0 Å². The third-order valence-corrected chi connectivity index (χ3v) is 5.74. The number of thioether (sulfide) groups is 1. The molecule has 3 heterocycles. The molecule has 1 amide bonds. The van der Waals surface area contributed by atoms with Crippen LogP contribution in [0.5, 0.6) is 5.75 Å². The first kappa shape index (κ1) is 16.1. The van der Waals surface area contributed by atoms with E-state index in [2.05, 4.69) is 4.98 Å². The Labute approximate surface area is 150 Å². The molecule has 0 spiro atoms. The van der Waals surface area contributed by atoms with Gasteiger partial charge < -0.3 is 5.11 Å². The average molecular weight is 353 g/mol. The van der Waals surface area contributed by atoms with Gasteiger partial charge in [0, 0.05) is 24.7 Å². The van der Waals surface area contributed by atoms with Crippen molar-refractivity contribution in [3.05, 3.63) is 59.9 Å². The molecule has 4 rings (SSSR count). The lowest BCUT2D eigenvalue weighted by Gasteiger charge is -2.31. The SMILES string of the molecule is O=C1C(c2cccc(O)c2)CCCN1C1=NC(c2ccncc2)CS1. The van der Waals surface area contributed by atoms with E-state index in [0.29, 0.717) is 6.54 Å². The van der Waals surface area contributed by atoms with Gasteiger partial charge in [-0.05, 0) is 48.2 Å². The minimum absolute atomic E-state index is 0.0805. The number of aliphatic imine (C=N–C) groups is 1. The Morgan fingerprint density at radius 3 is 2.80 bits per heavy atom. The Balaban J connectivity index is 1.55. The van der Waals surface area contributed by atoms with Gasteiger partial charge in [0.2, 0.25) is 5.91 Å². The predicted molar refractivity (Wildman–Crippen MR) is 98.7 cm³/mol. The molecule has 1 N–H and O–H groups in total. The zero-order valence-electron chi connectivity index (χ0n) is 13.7. The Morgan fingerprint density at radius 1 is 1.16 bits per heavy atom. The van der Waals surface area contributed by atoms with Gasteiger partial charge in [-0.25, -0.2) is 0 Å². The van der Waals surface area contributed by atoms with E-state index in [0.717, 1.165) is 34.9 Å². The van der Waals surface area contributed by atoms with Gasteiger partial charge in [0.05, 0.1) is 12.0 Å².